The predicted octanol–water partition coefficient (Wildman–Crippen LogP) is 0.472. The third-order valence-electron chi connectivity index (χ3n) is 1.84. The Balaban J connectivity index is 2.82. The monoisotopic (exact) mass is 178 g/mol. The second-order valence-corrected chi connectivity index (χ2v) is 3.13. The number of hydrogen-bond donors (Lipinski definition) is 0. The average Bonchev–Trinajstić information content (AvgIpc) is 2.45. The first-order valence-corrected chi connectivity index (χ1v) is 4.11. The Kier molecular flexibility index (Phi) is 1.65. The van der Waals surface area contributed by atoms with Crippen molar-refractivity contribution in [3.63, 3.8) is 0 Å². The van der Waals surface area contributed by atoms with Crippen LogP contribution < -0.4 is 5.69 Å². The fraction of sp³-hybridized carbons (Fsp3) is 0.375. The molecule has 0 unspecified atom stereocenters. The van der Waals surface area contributed by atoms with E-state index in [4.69, 9.17) is 0 Å². The molecule has 0 saturated heterocycles. The van der Waals surface area contributed by atoms with Crippen molar-refractivity contribution < 1.29 is 0 Å². The molecule has 0 spiro atoms. The van der Waals surface area contributed by atoms with E-state index in [0.717, 1.165) is 0 Å². The van der Waals surface area contributed by atoms with Gasteiger partial charge in [-0.25, -0.2) is 13.9 Å². The van der Waals surface area contributed by atoms with E-state index in [1.165, 1.54) is 9.08 Å². The predicted molar refractivity (Wildman–Crippen MR) is 47.6 cm³/mol. The summed E-state index contributed by atoms with van der Waals surface area (Å²) in [5.74, 6) is 0. The van der Waals surface area contributed by atoms with E-state index in [-0.39, 0.29) is 11.7 Å². The molecule has 68 valence electrons. The van der Waals surface area contributed by atoms with Crippen LogP contribution in [0.25, 0.3) is 5.65 Å². The molecule has 0 fully saturated rings. The lowest BCUT2D eigenvalue weighted by Gasteiger charge is -1.99. The molecule has 0 aliphatic heterocycles. The fourth-order valence-corrected chi connectivity index (χ4v) is 1.19. The van der Waals surface area contributed by atoms with Gasteiger partial charge in [0, 0.05) is 12.4 Å². The van der Waals surface area contributed by atoms with Gasteiger partial charge in [-0.3, -0.25) is 4.98 Å². The zero-order chi connectivity index (χ0) is 9.42. The molecule has 0 atom stereocenters. The zero-order valence-corrected chi connectivity index (χ0v) is 7.51. The van der Waals surface area contributed by atoms with Gasteiger partial charge in [-0.1, -0.05) is 0 Å². The Labute approximate surface area is 74.6 Å². The van der Waals surface area contributed by atoms with E-state index in [1.54, 1.807) is 18.6 Å². The van der Waals surface area contributed by atoms with Crippen LogP contribution in [0.1, 0.15) is 19.9 Å². The molecule has 0 bridgehead atoms. The quantitative estimate of drug-likeness (QED) is 0.638. The van der Waals surface area contributed by atoms with Gasteiger partial charge in [0.2, 0.25) is 0 Å². The molecule has 2 aromatic rings. The first-order valence-electron chi connectivity index (χ1n) is 4.11. The van der Waals surface area contributed by atoms with E-state index >= 15 is 0 Å². The molecule has 0 aromatic carbocycles. The molecule has 0 saturated carbocycles. The van der Waals surface area contributed by atoms with E-state index in [1.807, 2.05) is 13.8 Å². The second kappa shape index (κ2) is 2.69. The summed E-state index contributed by atoms with van der Waals surface area (Å²) in [7, 11) is 0. The first kappa shape index (κ1) is 7.97. The number of fused-ring (bicyclic) bond motifs is 1. The highest BCUT2D eigenvalue weighted by Crippen LogP contribution is 1.99. The first-order chi connectivity index (χ1) is 6.20. The fourth-order valence-electron chi connectivity index (χ4n) is 1.19. The molecule has 0 aliphatic rings. The van der Waals surface area contributed by atoms with Gasteiger partial charge >= 0.3 is 5.69 Å². The summed E-state index contributed by atoms with van der Waals surface area (Å²) in [6.07, 6.45) is 4.75. The molecule has 13 heavy (non-hydrogen) atoms. The summed E-state index contributed by atoms with van der Waals surface area (Å²) in [4.78, 5) is 15.5. The summed E-state index contributed by atoms with van der Waals surface area (Å²) in [5.41, 5.74) is 0.466. The van der Waals surface area contributed by atoms with Crippen LogP contribution in [0.4, 0.5) is 0 Å². The Morgan fingerprint density at radius 1 is 1.46 bits per heavy atom. The maximum absolute atomic E-state index is 11.6. The highest BCUT2D eigenvalue weighted by Gasteiger charge is 2.07. The number of hydrogen-bond acceptors (Lipinski definition) is 3. The highest BCUT2D eigenvalue weighted by atomic mass is 16.2. The normalized spacial score (nSPS) is 11.3. The minimum Gasteiger partial charge on any atom is -0.259 e. The van der Waals surface area contributed by atoms with Crippen LogP contribution in [0.2, 0.25) is 0 Å². The standard InChI is InChI=1S/C8H10N4O/c1-6(2)12-8(13)11-4-3-9-5-7(11)10-12/h3-6H,1-2H3. The molecule has 0 radical (unpaired) electrons. The molecule has 0 aliphatic carbocycles. The van der Waals surface area contributed by atoms with Crippen molar-refractivity contribution in [2.75, 3.05) is 0 Å². The van der Waals surface area contributed by atoms with Gasteiger partial charge in [-0.2, -0.15) is 0 Å². The Morgan fingerprint density at radius 3 is 2.85 bits per heavy atom. The summed E-state index contributed by atoms with van der Waals surface area (Å²) in [6.45, 7) is 3.84. The van der Waals surface area contributed by atoms with E-state index in [9.17, 15) is 4.79 Å². The summed E-state index contributed by atoms with van der Waals surface area (Å²) in [5, 5.41) is 4.12. The van der Waals surface area contributed by atoms with Gasteiger partial charge in [0.15, 0.2) is 5.65 Å². The molecule has 2 heterocycles. The van der Waals surface area contributed by atoms with E-state index in [0.29, 0.717) is 5.65 Å². The number of aromatic nitrogens is 4. The topological polar surface area (TPSA) is 52.2 Å². The van der Waals surface area contributed by atoms with Crippen molar-refractivity contribution in [2.45, 2.75) is 19.9 Å². The molecular formula is C8H10N4O. The highest BCUT2D eigenvalue weighted by molar-refractivity contribution is 5.31. The molecular weight excluding hydrogens is 168 g/mol. The Morgan fingerprint density at radius 2 is 2.23 bits per heavy atom. The SMILES string of the molecule is CC(C)n1nc2cnccn2c1=O. The van der Waals surface area contributed by atoms with Crippen LogP contribution in [0.15, 0.2) is 23.4 Å². The van der Waals surface area contributed by atoms with Gasteiger partial charge in [0.1, 0.15) is 0 Å². The molecule has 0 amide bonds. The minimum absolute atomic E-state index is 0.0763. The number of rotatable bonds is 1. The van der Waals surface area contributed by atoms with Crippen LogP contribution in [0.3, 0.4) is 0 Å². The summed E-state index contributed by atoms with van der Waals surface area (Å²) >= 11 is 0. The molecule has 5 heteroatoms. The number of nitrogens with zero attached hydrogens (tertiary/aromatic N) is 4. The van der Waals surface area contributed by atoms with Gasteiger partial charge < -0.3 is 0 Å². The lowest BCUT2D eigenvalue weighted by Crippen LogP contribution is -2.22. The average molecular weight is 178 g/mol. The molecule has 0 N–H and O–H groups in total. The Bertz CT molecular complexity index is 482. The summed E-state index contributed by atoms with van der Waals surface area (Å²) < 4.78 is 2.92. The van der Waals surface area contributed by atoms with Crippen molar-refractivity contribution in [3.8, 4) is 0 Å². The third-order valence-corrected chi connectivity index (χ3v) is 1.84. The van der Waals surface area contributed by atoms with Crippen LogP contribution in [0.5, 0.6) is 0 Å². The largest absolute Gasteiger partial charge is 0.350 e. The van der Waals surface area contributed by atoms with Crippen molar-refractivity contribution in [3.05, 3.63) is 29.1 Å². The van der Waals surface area contributed by atoms with Crippen molar-refractivity contribution in [2.24, 2.45) is 0 Å². The van der Waals surface area contributed by atoms with Crippen LogP contribution in [-0.2, 0) is 0 Å². The third kappa shape index (κ3) is 1.12. The van der Waals surface area contributed by atoms with Crippen LogP contribution in [-0.4, -0.2) is 19.2 Å². The van der Waals surface area contributed by atoms with Gasteiger partial charge in [0.05, 0.1) is 12.2 Å². The maximum atomic E-state index is 11.6. The van der Waals surface area contributed by atoms with E-state index < -0.39 is 0 Å². The smallest absolute Gasteiger partial charge is 0.259 e. The van der Waals surface area contributed by atoms with E-state index in [2.05, 4.69) is 10.1 Å². The van der Waals surface area contributed by atoms with Crippen molar-refractivity contribution in [1.29, 1.82) is 0 Å². The second-order valence-electron chi connectivity index (χ2n) is 3.13. The molecule has 2 aromatic heterocycles. The lowest BCUT2D eigenvalue weighted by atomic mass is 10.4. The van der Waals surface area contributed by atoms with Crippen molar-refractivity contribution in [1.82, 2.24) is 19.2 Å². The van der Waals surface area contributed by atoms with Crippen molar-refractivity contribution >= 4 is 5.65 Å². The van der Waals surface area contributed by atoms with Gasteiger partial charge in [-0.05, 0) is 13.8 Å². The van der Waals surface area contributed by atoms with Crippen LogP contribution >= 0.6 is 0 Å². The zero-order valence-electron chi connectivity index (χ0n) is 7.51. The molecule has 2 rings (SSSR count). The molecule has 5 nitrogen and oxygen atoms in total. The maximum Gasteiger partial charge on any atom is 0.350 e. The van der Waals surface area contributed by atoms with Gasteiger partial charge in [-0.15, -0.1) is 5.10 Å². The minimum atomic E-state index is -0.118. The Hall–Kier alpha value is -1.65. The lowest BCUT2D eigenvalue weighted by molar-refractivity contribution is 0.514. The summed E-state index contributed by atoms with van der Waals surface area (Å²) in [6, 6.07) is 0.0763. The van der Waals surface area contributed by atoms with Crippen LogP contribution in [0, 0.1) is 0 Å². The van der Waals surface area contributed by atoms with Gasteiger partial charge in [0.25, 0.3) is 0 Å².